The molecule has 0 aliphatic heterocycles. The summed E-state index contributed by atoms with van der Waals surface area (Å²) in [7, 11) is 1.35. The molecule has 6 heteroatoms. The van der Waals surface area contributed by atoms with Crippen molar-refractivity contribution in [2.45, 2.75) is 96.4 Å². The number of methoxy groups -OCH3 is 1. The highest BCUT2D eigenvalue weighted by Gasteiger charge is 2.20. The summed E-state index contributed by atoms with van der Waals surface area (Å²) in [6, 6.07) is -0.535. The van der Waals surface area contributed by atoms with E-state index in [2.05, 4.69) is 12.2 Å². The van der Waals surface area contributed by atoms with E-state index < -0.39 is 6.04 Å². The molecule has 0 aromatic heterocycles. The molecule has 0 bridgehead atoms. The number of hydrogen-bond donors (Lipinski definition) is 2. The number of amides is 1. The molecule has 3 N–H and O–H groups in total. The Morgan fingerprint density at radius 2 is 1.48 bits per heavy atom. The Morgan fingerprint density at radius 3 is 2.00 bits per heavy atom. The van der Waals surface area contributed by atoms with Gasteiger partial charge in [0.25, 0.3) is 0 Å². The van der Waals surface area contributed by atoms with Gasteiger partial charge in [0.2, 0.25) is 5.91 Å². The average Bonchev–Trinajstić information content (AvgIpc) is 2.59. The van der Waals surface area contributed by atoms with Crippen molar-refractivity contribution in [1.29, 1.82) is 0 Å². The summed E-state index contributed by atoms with van der Waals surface area (Å²) in [6.07, 6.45) is 13.8. The molecular weight excluding hydrogens is 340 g/mol. The van der Waals surface area contributed by atoms with Gasteiger partial charge in [0.15, 0.2) is 0 Å². The maximum Gasteiger partial charge on any atom is 0.328 e. The molecule has 0 saturated heterocycles. The minimum atomic E-state index is -0.535. The van der Waals surface area contributed by atoms with E-state index in [9.17, 15) is 9.59 Å². The van der Waals surface area contributed by atoms with E-state index in [1.54, 1.807) is 0 Å². The highest BCUT2D eigenvalue weighted by Crippen LogP contribution is 2.11. The van der Waals surface area contributed by atoms with E-state index in [1.165, 1.54) is 52.1 Å². The molecule has 25 heavy (non-hydrogen) atoms. The van der Waals surface area contributed by atoms with Gasteiger partial charge in [0.05, 0.1) is 7.11 Å². The standard InChI is InChI=1S/C19H38N2O3.ClH/c1-3-4-5-6-7-8-9-10-11-15-18(22)21-17(19(23)24-2)14-12-13-16-20;/h17H,3-16,20H2,1-2H3,(H,21,22);1H. The Balaban J connectivity index is 0. The van der Waals surface area contributed by atoms with Crippen molar-refractivity contribution >= 4 is 24.3 Å². The van der Waals surface area contributed by atoms with Gasteiger partial charge in [0, 0.05) is 6.42 Å². The van der Waals surface area contributed by atoms with Crippen molar-refractivity contribution in [3.05, 3.63) is 0 Å². The number of unbranched alkanes of at least 4 members (excludes halogenated alkanes) is 9. The Bertz CT molecular complexity index is 328. The number of nitrogens with one attached hydrogen (secondary N) is 1. The molecule has 0 aliphatic carbocycles. The summed E-state index contributed by atoms with van der Waals surface area (Å²) in [4.78, 5) is 23.7. The minimum Gasteiger partial charge on any atom is -0.467 e. The molecule has 0 fully saturated rings. The summed E-state index contributed by atoms with van der Waals surface area (Å²) in [5.41, 5.74) is 5.46. The van der Waals surface area contributed by atoms with Crippen molar-refractivity contribution in [2.24, 2.45) is 5.73 Å². The molecule has 5 nitrogen and oxygen atoms in total. The van der Waals surface area contributed by atoms with Crippen LogP contribution in [0.5, 0.6) is 0 Å². The third-order valence-corrected chi connectivity index (χ3v) is 4.28. The van der Waals surface area contributed by atoms with Crippen LogP contribution in [0.1, 0.15) is 90.4 Å². The van der Waals surface area contributed by atoms with Crippen LogP contribution in [0.15, 0.2) is 0 Å². The van der Waals surface area contributed by atoms with Crippen LogP contribution in [-0.4, -0.2) is 31.6 Å². The van der Waals surface area contributed by atoms with Crippen LogP contribution < -0.4 is 11.1 Å². The fourth-order valence-corrected chi connectivity index (χ4v) is 2.75. The molecule has 0 radical (unpaired) electrons. The van der Waals surface area contributed by atoms with E-state index in [1.807, 2.05) is 0 Å². The van der Waals surface area contributed by atoms with E-state index >= 15 is 0 Å². The lowest BCUT2D eigenvalue weighted by atomic mass is 10.1. The Kier molecular flexibility index (Phi) is 20.6. The van der Waals surface area contributed by atoms with Gasteiger partial charge >= 0.3 is 5.97 Å². The predicted octanol–water partition coefficient (Wildman–Crippen LogP) is 4.12. The lowest BCUT2D eigenvalue weighted by Gasteiger charge is -2.16. The van der Waals surface area contributed by atoms with Gasteiger partial charge in [-0.25, -0.2) is 4.79 Å². The van der Waals surface area contributed by atoms with Gasteiger partial charge in [-0.1, -0.05) is 58.3 Å². The van der Waals surface area contributed by atoms with Gasteiger partial charge in [0.1, 0.15) is 6.04 Å². The van der Waals surface area contributed by atoms with E-state index in [4.69, 9.17) is 10.5 Å². The summed E-state index contributed by atoms with van der Waals surface area (Å²) in [5.74, 6) is -0.423. The van der Waals surface area contributed by atoms with Gasteiger partial charge in [-0.15, -0.1) is 12.4 Å². The lowest BCUT2D eigenvalue weighted by Crippen LogP contribution is -2.41. The highest BCUT2D eigenvalue weighted by molar-refractivity contribution is 5.85. The highest BCUT2D eigenvalue weighted by atomic mass is 35.5. The SMILES string of the molecule is CCCCCCCCCCCC(=O)NC(CCCCN)C(=O)OC.Cl. The fourth-order valence-electron chi connectivity index (χ4n) is 2.75. The Hall–Kier alpha value is -0.810. The van der Waals surface area contributed by atoms with Crippen LogP contribution in [0.3, 0.4) is 0 Å². The van der Waals surface area contributed by atoms with Crippen LogP contribution in [0, 0.1) is 0 Å². The first-order valence-electron chi connectivity index (χ1n) is 9.73. The zero-order valence-electron chi connectivity index (χ0n) is 16.2. The quantitative estimate of drug-likeness (QED) is 0.312. The van der Waals surface area contributed by atoms with Crippen LogP contribution in [-0.2, 0) is 14.3 Å². The normalized spacial score (nSPS) is 11.5. The Labute approximate surface area is 160 Å². The maximum atomic E-state index is 12.0. The second-order valence-corrected chi connectivity index (χ2v) is 6.51. The number of hydrogen-bond acceptors (Lipinski definition) is 4. The first-order valence-corrected chi connectivity index (χ1v) is 9.73. The van der Waals surface area contributed by atoms with Gasteiger partial charge in [-0.2, -0.15) is 0 Å². The molecular formula is C19H39ClN2O3. The van der Waals surface area contributed by atoms with Crippen molar-refractivity contribution in [1.82, 2.24) is 5.32 Å². The van der Waals surface area contributed by atoms with Crippen molar-refractivity contribution in [3.8, 4) is 0 Å². The predicted molar refractivity (Wildman–Crippen MR) is 106 cm³/mol. The molecule has 1 unspecified atom stereocenters. The number of nitrogens with two attached hydrogens (primary N) is 1. The zero-order chi connectivity index (χ0) is 18.0. The number of esters is 1. The first kappa shape index (κ1) is 26.4. The third-order valence-electron chi connectivity index (χ3n) is 4.28. The Morgan fingerprint density at radius 1 is 0.920 bits per heavy atom. The molecule has 0 aromatic carbocycles. The zero-order valence-corrected chi connectivity index (χ0v) is 17.0. The molecule has 0 aliphatic rings. The van der Waals surface area contributed by atoms with E-state index in [0.717, 1.165) is 25.7 Å². The second kappa shape index (κ2) is 19.5. The summed E-state index contributed by atoms with van der Waals surface area (Å²) >= 11 is 0. The maximum absolute atomic E-state index is 12.0. The van der Waals surface area contributed by atoms with Gasteiger partial charge in [-0.05, 0) is 32.2 Å². The molecule has 0 aromatic rings. The van der Waals surface area contributed by atoms with Gasteiger partial charge < -0.3 is 15.8 Å². The topological polar surface area (TPSA) is 81.4 Å². The molecule has 0 rings (SSSR count). The van der Waals surface area contributed by atoms with Crippen LogP contribution >= 0.6 is 12.4 Å². The van der Waals surface area contributed by atoms with Crippen molar-refractivity contribution in [2.75, 3.05) is 13.7 Å². The number of carbonyl (C=O) groups is 2. The smallest absolute Gasteiger partial charge is 0.328 e. The first-order chi connectivity index (χ1) is 11.7. The molecule has 1 amide bonds. The second-order valence-electron chi connectivity index (χ2n) is 6.51. The summed E-state index contributed by atoms with van der Waals surface area (Å²) in [5, 5.41) is 2.80. The number of ether oxygens (including phenoxy) is 1. The van der Waals surface area contributed by atoms with Crippen LogP contribution in [0.4, 0.5) is 0 Å². The van der Waals surface area contributed by atoms with E-state index in [0.29, 0.717) is 19.4 Å². The van der Waals surface area contributed by atoms with Crippen LogP contribution in [0.2, 0.25) is 0 Å². The summed E-state index contributed by atoms with van der Waals surface area (Å²) in [6.45, 7) is 2.83. The third kappa shape index (κ3) is 16.4. The number of carbonyl (C=O) groups excluding carboxylic acids is 2. The van der Waals surface area contributed by atoms with Gasteiger partial charge in [-0.3, -0.25) is 4.79 Å². The largest absolute Gasteiger partial charge is 0.467 e. The summed E-state index contributed by atoms with van der Waals surface area (Å²) < 4.78 is 4.76. The molecule has 150 valence electrons. The fraction of sp³-hybridized carbons (Fsp3) is 0.895. The molecule has 1 atom stereocenters. The molecule has 0 heterocycles. The monoisotopic (exact) mass is 378 g/mol. The molecule has 0 spiro atoms. The minimum absolute atomic E-state index is 0. The average molecular weight is 379 g/mol. The van der Waals surface area contributed by atoms with E-state index in [-0.39, 0.29) is 24.3 Å². The number of rotatable bonds is 16. The lowest BCUT2D eigenvalue weighted by molar-refractivity contribution is -0.145. The number of halogens is 1. The molecule has 0 saturated carbocycles. The van der Waals surface area contributed by atoms with Crippen LogP contribution in [0.25, 0.3) is 0 Å². The van der Waals surface area contributed by atoms with Crippen molar-refractivity contribution in [3.63, 3.8) is 0 Å². The van der Waals surface area contributed by atoms with Crippen molar-refractivity contribution < 1.29 is 14.3 Å².